The molecule has 0 spiro atoms. The van der Waals surface area contributed by atoms with Gasteiger partial charge in [0.2, 0.25) is 0 Å². The van der Waals surface area contributed by atoms with Gasteiger partial charge in [-0.1, -0.05) is 30.3 Å². The van der Waals surface area contributed by atoms with Crippen molar-refractivity contribution in [1.82, 2.24) is 0 Å². The lowest BCUT2D eigenvalue weighted by molar-refractivity contribution is -0.137. The van der Waals surface area contributed by atoms with Gasteiger partial charge in [-0.3, -0.25) is 0 Å². The van der Waals surface area contributed by atoms with Gasteiger partial charge in [0, 0.05) is 12.2 Å². The minimum absolute atomic E-state index is 0.223. The molecule has 106 valence electrons. The number of hydrogen-bond donors (Lipinski definition) is 2. The molecular formula is C15H15F3N2. The molecule has 2 aromatic rings. The van der Waals surface area contributed by atoms with Crippen LogP contribution in [0.5, 0.6) is 0 Å². The molecule has 1 unspecified atom stereocenters. The summed E-state index contributed by atoms with van der Waals surface area (Å²) in [5, 5.41) is 3.20. The molecule has 2 aromatic carbocycles. The maximum atomic E-state index is 12.5. The van der Waals surface area contributed by atoms with Crippen LogP contribution in [-0.4, -0.2) is 6.54 Å². The largest absolute Gasteiger partial charge is 0.416 e. The highest BCUT2D eigenvalue weighted by atomic mass is 19.4. The Morgan fingerprint density at radius 3 is 2.05 bits per heavy atom. The molecule has 0 radical (unpaired) electrons. The Kier molecular flexibility index (Phi) is 4.29. The van der Waals surface area contributed by atoms with E-state index in [0.29, 0.717) is 6.54 Å². The van der Waals surface area contributed by atoms with Crippen molar-refractivity contribution in [2.24, 2.45) is 5.73 Å². The van der Waals surface area contributed by atoms with E-state index in [1.165, 1.54) is 12.1 Å². The number of benzene rings is 2. The van der Waals surface area contributed by atoms with Gasteiger partial charge in [-0.25, -0.2) is 0 Å². The second kappa shape index (κ2) is 5.96. The van der Waals surface area contributed by atoms with E-state index < -0.39 is 11.7 Å². The van der Waals surface area contributed by atoms with Crippen molar-refractivity contribution in [3.05, 3.63) is 65.7 Å². The van der Waals surface area contributed by atoms with Crippen molar-refractivity contribution in [2.75, 3.05) is 11.9 Å². The molecule has 0 heterocycles. The van der Waals surface area contributed by atoms with Gasteiger partial charge in [0.05, 0.1) is 11.6 Å². The van der Waals surface area contributed by atoms with Crippen molar-refractivity contribution in [3.8, 4) is 0 Å². The molecule has 0 aliphatic rings. The van der Waals surface area contributed by atoms with Crippen LogP contribution in [0.4, 0.5) is 18.9 Å². The molecule has 0 aliphatic heterocycles. The summed E-state index contributed by atoms with van der Waals surface area (Å²) >= 11 is 0. The average Bonchev–Trinajstić information content (AvgIpc) is 2.45. The molecule has 0 fully saturated rings. The predicted octanol–water partition coefficient (Wildman–Crippen LogP) is 3.82. The Labute approximate surface area is 115 Å². The molecule has 0 saturated heterocycles. The van der Waals surface area contributed by atoms with E-state index in [4.69, 9.17) is 5.73 Å². The second-order valence-electron chi connectivity index (χ2n) is 4.42. The van der Waals surface area contributed by atoms with E-state index in [0.717, 1.165) is 23.4 Å². The smallest absolute Gasteiger partial charge is 0.377 e. The average molecular weight is 280 g/mol. The minimum atomic E-state index is -4.32. The van der Waals surface area contributed by atoms with E-state index in [-0.39, 0.29) is 6.04 Å². The standard InChI is InChI=1S/C15H15F3N2/c16-15(17,18)12-8-6-11(7-9-12)14(10-19)20-13-4-2-1-3-5-13/h1-9,14,20H,10,19H2. The lowest BCUT2D eigenvalue weighted by Crippen LogP contribution is -2.20. The summed E-state index contributed by atoms with van der Waals surface area (Å²) in [6, 6.07) is 14.2. The molecule has 5 heteroatoms. The third kappa shape index (κ3) is 3.51. The summed E-state index contributed by atoms with van der Waals surface area (Å²) in [4.78, 5) is 0. The predicted molar refractivity (Wildman–Crippen MR) is 73.3 cm³/mol. The zero-order chi connectivity index (χ0) is 14.6. The van der Waals surface area contributed by atoms with E-state index in [2.05, 4.69) is 5.32 Å². The van der Waals surface area contributed by atoms with Crippen molar-refractivity contribution < 1.29 is 13.2 Å². The SMILES string of the molecule is NCC(Nc1ccccc1)c1ccc(C(F)(F)F)cc1. The molecular weight excluding hydrogens is 265 g/mol. The van der Waals surface area contributed by atoms with E-state index in [1.54, 1.807) is 0 Å². The maximum absolute atomic E-state index is 12.5. The summed E-state index contributed by atoms with van der Waals surface area (Å²) < 4.78 is 37.5. The molecule has 0 aliphatic carbocycles. The van der Waals surface area contributed by atoms with Gasteiger partial charge >= 0.3 is 6.18 Å². The van der Waals surface area contributed by atoms with Crippen molar-refractivity contribution in [2.45, 2.75) is 12.2 Å². The van der Waals surface area contributed by atoms with E-state index in [9.17, 15) is 13.2 Å². The highest BCUT2D eigenvalue weighted by molar-refractivity contribution is 5.45. The second-order valence-corrected chi connectivity index (χ2v) is 4.42. The van der Waals surface area contributed by atoms with Crippen LogP contribution in [0, 0.1) is 0 Å². The van der Waals surface area contributed by atoms with E-state index in [1.807, 2.05) is 30.3 Å². The first kappa shape index (κ1) is 14.4. The number of anilines is 1. The van der Waals surface area contributed by atoms with Crippen LogP contribution in [-0.2, 0) is 6.18 Å². The van der Waals surface area contributed by atoms with Gasteiger partial charge < -0.3 is 11.1 Å². The van der Waals surface area contributed by atoms with Crippen LogP contribution < -0.4 is 11.1 Å². The lowest BCUT2D eigenvalue weighted by atomic mass is 10.0. The molecule has 2 nitrogen and oxygen atoms in total. The first-order valence-electron chi connectivity index (χ1n) is 6.19. The first-order chi connectivity index (χ1) is 9.50. The van der Waals surface area contributed by atoms with Crippen LogP contribution in [0.15, 0.2) is 54.6 Å². The number of rotatable bonds is 4. The Bertz CT molecular complexity index is 535. The van der Waals surface area contributed by atoms with Gasteiger partial charge in [0.1, 0.15) is 0 Å². The van der Waals surface area contributed by atoms with Crippen LogP contribution in [0.25, 0.3) is 0 Å². The fourth-order valence-electron chi connectivity index (χ4n) is 1.92. The Morgan fingerprint density at radius 2 is 1.55 bits per heavy atom. The highest BCUT2D eigenvalue weighted by Gasteiger charge is 2.30. The number of nitrogens with one attached hydrogen (secondary N) is 1. The Balaban J connectivity index is 2.16. The minimum Gasteiger partial charge on any atom is -0.377 e. The van der Waals surface area contributed by atoms with E-state index >= 15 is 0 Å². The van der Waals surface area contributed by atoms with Crippen molar-refractivity contribution in [3.63, 3.8) is 0 Å². The van der Waals surface area contributed by atoms with Crippen molar-refractivity contribution in [1.29, 1.82) is 0 Å². The summed E-state index contributed by atoms with van der Waals surface area (Å²) in [5.74, 6) is 0. The normalized spacial score (nSPS) is 13.0. The van der Waals surface area contributed by atoms with Crippen LogP contribution in [0.3, 0.4) is 0 Å². The number of halogens is 3. The lowest BCUT2D eigenvalue weighted by Gasteiger charge is -2.19. The fourth-order valence-corrected chi connectivity index (χ4v) is 1.92. The molecule has 0 aromatic heterocycles. The quantitative estimate of drug-likeness (QED) is 0.893. The van der Waals surface area contributed by atoms with Gasteiger partial charge in [-0.15, -0.1) is 0 Å². The van der Waals surface area contributed by atoms with Crippen molar-refractivity contribution >= 4 is 5.69 Å². The zero-order valence-corrected chi connectivity index (χ0v) is 10.7. The topological polar surface area (TPSA) is 38.0 Å². The number of hydrogen-bond acceptors (Lipinski definition) is 2. The molecule has 0 bridgehead atoms. The van der Waals surface area contributed by atoms with Gasteiger partial charge in [0.25, 0.3) is 0 Å². The van der Waals surface area contributed by atoms with Crippen LogP contribution >= 0.6 is 0 Å². The van der Waals surface area contributed by atoms with Gasteiger partial charge in [0.15, 0.2) is 0 Å². The summed E-state index contributed by atoms with van der Waals surface area (Å²) in [7, 11) is 0. The van der Waals surface area contributed by atoms with Crippen LogP contribution in [0.2, 0.25) is 0 Å². The molecule has 0 amide bonds. The number of para-hydroxylation sites is 1. The Hall–Kier alpha value is -2.01. The monoisotopic (exact) mass is 280 g/mol. The van der Waals surface area contributed by atoms with Gasteiger partial charge in [-0.05, 0) is 29.8 Å². The van der Waals surface area contributed by atoms with Gasteiger partial charge in [-0.2, -0.15) is 13.2 Å². The molecule has 0 saturated carbocycles. The zero-order valence-electron chi connectivity index (χ0n) is 10.7. The number of nitrogens with two attached hydrogens (primary N) is 1. The molecule has 3 N–H and O–H groups in total. The third-order valence-corrected chi connectivity index (χ3v) is 2.99. The third-order valence-electron chi connectivity index (χ3n) is 2.99. The Morgan fingerprint density at radius 1 is 0.950 bits per heavy atom. The summed E-state index contributed by atoms with van der Waals surface area (Å²) in [6.45, 7) is 0.292. The fraction of sp³-hybridized carbons (Fsp3) is 0.200. The molecule has 20 heavy (non-hydrogen) atoms. The number of alkyl halides is 3. The summed E-state index contributed by atoms with van der Waals surface area (Å²) in [5.41, 5.74) is 6.64. The highest BCUT2D eigenvalue weighted by Crippen LogP contribution is 2.30. The molecule has 2 rings (SSSR count). The van der Waals surface area contributed by atoms with Crippen LogP contribution in [0.1, 0.15) is 17.2 Å². The molecule has 1 atom stereocenters. The first-order valence-corrected chi connectivity index (χ1v) is 6.19. The maximum Gasteiger partial charge on any atom is 0.416 e. The summed E-state index contributed by atoms with van der Waals surface area (Å²) in [6.07, 6.45) is -4.32.